The molecule has 15 heavy (non-hydrogen) atoms. The quantitative estimate of drug-likeness (QED) is 0.872. The summed E-state index contributed by atoms with van der Waals surface area (Å²) in [4.78, 5) is 4.69. The predicted octanol–water partition coefficient (Wildman–Crippen LogP) is 2.89. The zero-order valence-corrected chi connectivity index (χ0v) is 8.95. The Hall–Kier alpha value is -0.620. The minimum absolute atomic E-state index is 0.180. The molecule has 0 bridgehead atoms. The zero-order valence-electron chi connectivity index (χ0n) is 8.14. The lowest BCUT2D eigenvalue weighted by Gasteiger charge is -2.24. The van der Waals surface area contributed by atoms with Crippen LogP contribution >= 0.6 is 11.3 Å². The number of rotatable bonds is 3. The van der Waals surface area contributed by atoms with Gasteiger partial charge in [0.15, 0.2) is 0 Å². The number of nitrogens with zero attached hydrogens (tertiary/aromatic N) is 1. The molecule has 6 heteroatoms. The monoisotopic (exact) mass is 236 g/mol. The molecule has 84 valence electrons. The molecule has 0 spiro atoms. The molecular weight excluding hydrogens is 225 g/mol. The lowest BCUT2D eigenvalue weighted by molar-refractivity contribution is -0.167. The fraction of sp³-hybridized carbons (Fsp3) is 0.667. The van der Waals surface area contributed by atoms with Crippen molar-refractivity contribution in [2.24, 2.45) is 0 Å². The highest BCUT2D eigenvalue weighted by Crippen LogP contribution is 2.50. The third-order valence-electron chi connectivity index (χ3n) is 2.66. The van der Waals surface area contributed by atoms with Crippen molar-refractivity contribution >= 4 is 11.3 Å². The van der Waals surface area contributed by atoms with E-state index < -0.39 is 11.7 Å². The van der Waals surface area contributed by atoms with E-state index in [0.29, 0.717) is 0 Å². The first-order valence-electron chi connectivity index (χ1n) is 4.67. The molecule has 1 N–H and O–H groups in total. The van der Waals surface area contributed by atoms with Crippen molar-refractivity contribution < 1.29 is 13.2 Å². The van der Waals surface area contributed by atoms with Crippen molar-refractivity contribution in [2.75, 3.05) is 0 Å². The fourth-order valence-electron chi connectivity index (χ4n) is 1.56. The van der Waals surface area contributed by atoms with Crippen LogP contribution in [-0.2, 0) is 0 Å². The molecule has 0 saturated heterocycles. The summed E-state index contributed by atoms with van der Waals surface area (Å²) in [6.45, 7) is 1.74. The average molecular weight is 236 g/mol. The van der Waals surface area contributed by atoms with Crippen LogP contribution in [0.4, 0.5) is 13.2 Å². The first-order valence-corrected chi connectivity index (χ1v) is 5.55. The van der Waals surface area contributed by atoms with Crippen molar-refractivity contribution in [1.82, 2.24) is 10.3 Å². The molecule has 0 aromatic carbocycles. The van der Waals surface area contributed by atoms with E-state index in [4.69, 9.17) is 0 Å². The molecule has 1 aromatic heterocycles. The van der Waals surface area contributed by atoms with Gasteiger partial charge in [-0.05, 0) is 19.8 Å². The van der Waals surface area contributed by atoms with Gasteiger partial charge < -0.3 is 0 Å². The summed E-state index contributed by atoms with van der Waals surface area (Å²) in [5.74, 6) is 0. The SMILES string of the molecule is CC(NC1(C(F)(F)F)CC1)c1cncs1. The van der Waals surface area contributed by atoms with Gasteiger partial charge in [-0.2, -0.15) is 13.2 Å². The van der Waals surface area contributed by atoms with Crippen molar-refractivity contribution in [1.29, 1.82) is 0 Å². The summed E-state index contributed by atoms with van der Waals surface area (Å²) < 4.78 is 37.9. The largest absolute Gasteiger partial charge is 0.406 e. The normalized spacial score (nSPS) is 21.3. The van der Waals surface area contributed by atoms with Crippen LogP contribution in [0.15, 0.2) is 11.7 Å². The molecule has 1 aliphatic rings. The molecule has 2 nitrogen and oxygen atoms in total. The maximum absolute atomic E-state index is 12.6. The number of halogens is 3. The minimum atomic E-state index is -4.15. The van der Waals surface area contributed by atoms with Crippen molar-refractivity contribution in [2.45, 2.75) is 37.5 Å². The van der Waals surface area contributed by atoms with Crippen LogP contribution in [0.2, 0.25) is 0 Å². The van der Waals surface area contributed by atoms with Crippen LogP contribution in [-0.4, -0.2) is 16.7 Å². The zero-order chi connectivity index (χ0) is 11.1. The van der Waals surface area contributed by atoms with Gasteiger partial charge >= 0.3 is 6.18 Å². The van der Waals surface area contributed by atoms with Gasteiger partial charge in [0.05, 0.1) is 5.51 Å². The molecule has 1 atom stereocenters. The smallest absolute Gasteiger partial charge is 0.296 e. The Morgan fingerprint density at radius 1 is 1.53 bits per heavy atom. The second-order valence-corrected chi connectivity index (χ2v) is 4.77. The van der Waals surface area contributed by atoms with Crippen LogP contribution in [0.25, 0.3) is 0 Å². The second-order valence-electron chi connectivity index (χ2n) is 3.85. The lowest BCUT2D eigenvalue weighted by atomic mass is 10.2. The van der Waals surface area contributed by atoms with Gasteiger partial charge in [0.2, 0.25) is 0 Å². The number of hydrogen-bond acceptors (Lipinski definition) is 3. The molecular formula is C9H11F3N2S. The van der Waals surface area contributed by atoms with Gasteiger partial charge in [-0.1, -0.05) is 0 Å². The molecule has 1 aliphatic carbocycles. The van der Waals surface area contributed by atoms with E-state index in [1.807, 2.05) is 0 Å². The van der Waals surface area contributed by atoms with Crippen LogP contribution in [0.1, 0.15) is 30.7 Å². The summed E-state index contributed by atoms with van der Waals surface area (Å²) >= 11 is 1.37. The molecule has 1 heterocycles. The van der Waals surface area contributed by atoms with Gasteiger partial charge in [0.1, 0.15) is 5.54 Å². The Morgan fingerprint density at radius 2 is 2.20 bits per heavy atom. The Balaban J connectivity index is 2.04. The summed E-state index contributed by atoms with van der Waals surface area (Å²) in [5, 5.41) is 2.66. The minimum Gasteiger partial charge on any atom is -0.296 e. The maximum atomic E-state index is 12.6. The first-order chi connectivity index (χ1) is 6.95. The Morgan fingerprint density at radius 3 is 2.60 bits per heavy atom. The van der Waals surface area contributed by atoms with Gasteiger partial charge in [-0.3, -0.25) is 10.3 Å². The summed E-state index contributed by atoms with van der Waals surface area (Å²) in [5.41, 5.74) is -0.0168. The van der Waals surface area contributed by atoms with Crippen molar-refractivity contribution in [3.8, 4) is 0 Å². The fourth-order valence-corrected chi connectivity index (χ4v) is 2.19. The van der Waals surface area contributed by atoms with Crippen LogP contribution < -0.4 is 5.32 Å². The second kappa shape index (κ2) is 3.45. The standard InChI is InChI=1S/C9H11F3N2S/c1-6(7-4-13-5-15-7)14-8(2-3-8)9(10,11)12/h4-6,14H,2-3H2,1H3. The number of thiazole rings is 1. The highest BCUT2D eigenvalue weighted by atomic mass is 32.1. The summed E-state index contributed by atoms with van der Waals surface area (Å²) in [6.07, 6.45) is -2.18. The van der Waals surface area contributed by atoms with E-state index in [2.05, 4.69) is 10.3 Å². The number of nitrogens with one attached hydrogen (secondary N) is 1. The molecule has 1 fully saturated rings. The van der Waals surface area contributed by atoms with E-state index in [9.17, 15) is 13.2 Å². The molecule has 0 aliphatic heterocycles. The highest BCUT2D eigenvalue weighted by molar-refractivity contribution is 7.09. The van der Waals surface area contributed by atoms with Crippen LogP contribution in [0.5, 0.6) is 0 Å². The van der Waals surface area contributed by atoms with E-state index >= 15 is 0 Å². The molecule has 1 aromatic rings. The molecule has 0 radical (unpaired) electrons. The van der Waals surface area contributed by atoms with E-state index in [1.165, 1.54) is 11.3 Å². The van der Waals surface area contributed by atoms with E-state index in [0.717, 1.165) is 4.88 Å². The van der Waals surface area contributed by atoms with E-state index in [-0.39, 0.29) is 18.9 Å². The number of hydrogen-bond donors (Lipinski definition) is 1. The molecule has 1 unspecified atom stereocenters. The lowest BCUT2D eigenvalue weighted by Crippen LogP contribution is -2.45. The molecule has 1 saturated carbocycles. The van der Waals surface area contributed by atoms with Gasteiger partial charge in [-0.15, -0.1) is 11.3 Å². The van der Waals surface area contributed by atoms with Crippen LogP contribution in [0.3, 0.4) is 0 Å². The predicted molar refractivity (Wildman–Crippen MR) is 51.7 cm³/mol. The summed E-state index contributed by atoms with van der Waals surface area (Å²) in [6, 6.07) is -0.290. The van der Waals surface area contributed by atoms with Crippen molar-refractivity contribution in [3.05, 3.63) is 16.6 Å². The maximum Gasteiger partial charge on any atom is 0.406 e. The van der Waals surface area contributed by atoms with Crippen LogP contribution in [0, 0.1) is 0 Å². The summed E-state index contributed by atoms with van der Waals surface area (Å²) in [7, 11) is 0. The van der Waals surface area contributed by atoms with Gasteiger partial charge in [-0.25, -0.2) is 0 Å². The number of aromatic nitrogens is 1. The van der Waals surface area contributed by atoms with E-state index in [1.54, 1.807) is 18.6 Å². The Bertz CT molecular complexity index is 330. The average Bonchev–Trinajstić information content (AvgIpc) is 2.74. The molecule has 2 rings (SSSR count). The van der Waals surface area contributed by atoms with Gasteiger partial charge in [0, 0.05) is 17.1 Å². The highest BCUT2D eigenvalue weighted by Gasteiger charge is 2.63. The Labute approximate surface area is 89.5 Å². The number of alkyl halides is 3. The topological polar surface area (TPSA) is 24.9 Å². The molecule has 0 amide bonds. The third-order valence-corrected chi connectivity index (χ3v) is 3.62. The Kier molecular flexibility index (Phi) is 2.50. The third kappa shape index (κ3) is 2.01. The van der Waals surface area contributed by atoms with Gasteiger partial charge in [0.25, 0.3) is 0 Å². The first kappa shape index (κ1) is 10.9. The van der Waals surface area contributed by atoms with Crippen molar-refractivity contribution in [3.63, 3.8) is 0 Å².